The van der Waals surface area contributed by atoms with E-state index in [1.807, 2.05) is 24.3 Å². The Morgan fingerprint density at radius 1 is 0.900 bits per heavy atom. The zero-order chi connectivity index (χ0) is 21.1. The van der Waals surface area contributed by atoms with Gasteiger partial charge in [0.25, 0.3) is 0 Å². The first-order valence-electron chi connectivity index (χ1n) is 9.60. The van der Waals surface area contributed by atoms with Gasteiger partial charge in [0, 0.05) is 19.0 Å². The summed E-state index contributed by atoms with van der Waals surface area (Å²) in [4.78, 5) is 0.268. The summed E-state index contributed by atoms with van der Waals surface area (Å²) in [5, 5.41) is 12.2. The third-order valence-corrected chi connectivity index (χ3v) is 7.24. The molecule has 0 atom stereocenters. The number of rotatable bonds is 6. The second kappa shape index (κ2) is 8.41. The van der Waals surface area contributed by atoms with Crippen molar-refractivity contribution in [3.63, 3.8) is 0 Å². The quantitative estimate of drug-likeness (QED) is 0.592. The first kappa shape index (κ1) is 20.3. The molecule has 0 bridgehead atoms. The maximum Gasteiger partial charge on any atom is 0.243 e. The van der Waals surface area contributed by atoms with Crippen LogP contribution in [0.25, 0.3) is 5.69 Å². The minimum Gasteiger partial charge on any atom is -0.497 e. The van der Waals surface area contributed by atoms with Gasteiger partial charge in [0.2, 0.25) is 10.0 Å². The van der Waals surface area contributed by atoms with E-state index in [-0.39, 0.29) is 10.8 Å². The topological polar surface area (TPSA) is 99.4 Å². The number of benzene rings is 2. The molecule has 1 fully saturated rings. The van der Waals surface area contributed by atoms with Gasteiger partial charge in [0.15, 0.2) is 5.82 Å². The lowest BCUT2D eigenvalue weighted by atomic mass is 9.97. The predicted molar refractivity (Wildman–Crippen MR) is 109 cm³/mol. The Balaban J connectivity index is 1.48. The fraction of sp³-hybridized carbons (Fsp3) is 0.350. The standard InChI is InChI=1S/C20H23N5O4S/c1-28-17-5-3-16(4-6-17)25-20(21-22-23-25)15-11-13-24(14-12-15)30(26,27)19-9-7-18(29-2)8-10-19/h3-10,15H,11-14H2,1-2H3. The van der Waals surface area contributed by atoms with Crippen LogP contribution in [0.15, 0.2) is 53.4 Å². The van der Waals surface area contributed by atoms with E-state index < -0.39 is 10.0 Å². The molecule has 0 spiro atoms. The summed E-state index contributed by atoms with van der Waals surface area (Å²) >= 11 is 0. The van der Waals surface area contributed by atoms with Gasteiger partial charge in [-0.25, -0.2) is 8.42 Å². The third-order valence-electron chi connectivity index (χ3n) is 5.33. The monoisotopic (exact) mass is 429 g/mol. The minimum absolute atomic E-state index is 0.0735. The van der Waals surface area contributed by atoms with Gasteiger partial charge in [-0.2, -0.15) is 8.99 Å². The molecule has 0 amide bonds. The number of methoxy groups -OCH3 is 2. The number of nitrogens with zero attached hydrogens (tertiary/aromatic N) is 5. The Bertz CT molecular complexity index is 1090. The number of sulfonamides is 1. The van der Waals surface area contributed by atoms with Crippen molar-refractivity contribution < 1.29 is 17.9 Å². The van der Waals surface area contributed by atoms with Crippen LogP contribution in [0.4, 0.5) is 0 Å². The average molecular weight is 430 g/mol. The predicted octanol–water partition coefficient (Wildman–Crippen LogP) is 2.25. The lowest BCUT2D eigenvalue weighted by Gasteiger charge is -2.30. The van der Waals surface area contributed by atoms with E-state index in [0.717, 1.165) is 17.3 Å². The van der Waals surface area contributed by atoms with Gasteiger partial charge in [-0.1, -0.05) is 0 Å². The molecule has 158 valence electrons. The van der Waals surface area contributed by atoms with Crippen LogP contribution in [0, 0.1) is 0 Å². The number of hydrogen-bond donors (Lipinski definition) is 0. The molecule has 0 saturated carbocycles. The zero-order valence-electron chi connectivity index (χ0n) is 16.8. The molecule has 1 saturated heterocycles. The molecule has 3 aromatic rings. The molecule has 4 rings (SSSR count). The molecule has 0 aliphatic carbocycles. The SMILES string of the molecule is COc1ccc(-n2nnnc2C2CCN(S(=O)(=O)c3ccc(OC)cc3)CC2)cc1. The van der Waals surface area contributed by atoms with Gasteiger partial charge in [-0.05, 0) is 71.8 Å². The van der Waals surface area contributed by atoms with Gasteiger partial charge in [0.1, 0.15) is 11.5 Å². The van der Waals surface area contributed by atoms with E-state index in [1.54, 1.807) is 43.2 Å². The van der Waals surface area contributed by atoms with E-state index in [4.69, 9.17) is 9.47 Å². The summed E-state index contributed by atoms with van der Waals surface area (Å²) in [5.41, 5.74) is 0.837. The van der Waals surface area contributed by atoms with Gasteiger partial charge in [-0.3, -0.25) is 0 Å². The van der Waals surface area contributed by atoms with Crippen molar-refractivity contribution in [2.45, 2.75) is 23.7 Å². The van der Waals surface area contributed by atoms with Gasteiger partial charge < -0.3 is 9.47 Å². The van der Waals surface area contributed by atoms with E-state index >= 15 is 0 Å². The molecule has 0 N–H and O–H groups in total. The largest absolute Gasteiger partial charge is 0.497 e. The summed E-state index contributed by atoms with van der Waals surface area (Å²) in [5.74, 6) is 2.19. The Hall–Kier alpha value is -2.98. The van der Waals surface area contributed by atoms with Gasteiger partial charge >= 0.3 is 0 Å². The summed E-state index contributed by atoms with van der Waals surface area (Å²) in [6.45, 7) is 0.822. The number of tetrazole rings is 1. The van der Waals surface area contributed by atoms with Crippen molar-refractivity contribution in [3.05, 3.63) is 54.4 Å². The second-order valence-corrected chi connectivity index (χ2v) is 8.94. The highest BCUT2D eigenvalue weighted by Gasteiger charge is 2.32. The highest BCUT2D eigenvalue weighted by Crippen LogP contribution is 2.31. The summed E-state index contributed by atoms with van der Waals surface area (Å²) < 4.78 is 39.4. The summed E-state index contributed by atoms with van der Waals surface area (Å²) in [6, 6.07) is 13.9. The van der Waals surface area contributed by atoms with Crippen LogP contribution < -0.4 is 9.47 Å². The zero-order valence-corrected chi connectivity index (χ0v) is 17.6. The molecule has 2 heterocycles. The van der Waals surface area contributed by atoms with Crippen molar-refractivity contribution in [1.82, 2.24) is 24.5 Å². The first-order valence-corrected chi connectivity index (χ1v) is 11.0. The summed E-state index contributed by atoms with van der Waals surface area (Å²) in [7, 11) is -0.378. The minimum atomic E-state index is -3.54. The van der Waals surface area contributed by atoms with Crippen molar-refractivity contribution in [2.75, 3.05) is 27.3 Å². The van der Waals surface area contributed by atoms with E-state index in [0.29, 0.717) is 31.7 Å². The third kappa shape index (κ3) is 3.88. The molecule has 30 heavy (non-hydrogen) atoms. The molecule has 0 radical (unpaired) electrons. The maximum absolute atomic E-state index is 13.0. The van der Waals surface area contributed by atoms with Crippen LogP contribution in [0.2, 0.25) is 0 Å². The lowest BCUT2D eigenvalue weighted by Crippen LogP contribution is -2.38. The van der Waals surface area contributed by atoms with Crippen LogP contribution >= 0.6 is 0 Å². The highest BCUT2D eigenvalue weighted by molar-refractivity contribution is 7.89. The van der Waals surface area contributed by atoms with Crippen molar-refractivity contribution in [2.24, 2.45) is 0 Å². The van der Waals surface area contributed by atoms with Crippen molar-refractivity contribution in [1.29, 1.82) is 0 Å². The van der Waals surface area contributed by atoms with E-state index in [9.17, 15) is 8.42 Å². The average Bonchev–Trinajstić information content (AvgIpc) is 3.29. The Morgan fingerprint density at radius 2 is 1.47 bits per heavy atom. The molecule has 2 aromatic carbocycles. The van der Waals surface area contributed by atoms with Crippen LogP contribution in [0.5, 0.6) is 11.5 Å². The fourth-order valence-corrected chi connectivity index (χ4v) is 5.08. The Morgan fingerprint density at radius 3 is 2.03 bits per heavy atom. The Labute approximate surface area is 175 Å². The van der Waals surface area contributed by atoms with Crippen LogP contribution in [-0.4, -0.2) is 60.2 Å². The van der Waals surface area contributed by atoms with Crippen LogP contribution in [-0.2, 0) is 10.0 Å². The smallest absolute Gasteiger partial charge is 0.243 e. The molecule has 0 unspecified atom stereocenters. The van der Waals surface area contributed by atoms with E-state index in [2.05, 4.69) is 15.5 Å². The molecule has 1 aromatic heterocycles. The normalized spacial score (nSPS) is 15.8. The first-order chi connectivity index (χ1) is 14.5. The van der Waals surface area contributed by atoms with Crippen LogP contribution in [0.1, 0.15) is 24.6 Å². The van der Waals surface area contributed by atoms with E-state index in [1.165, 1.54) is 4.31 Å². The number of hydrogen-bond acceptors (Lipinski definition) is 7. The molecular weight excluding hydrogens is 406 g/mol. The number of aromatic nitrogens is 4. The van der Waals surface area contributed by atoms with Gasteiger partial charge in [0.05, 0.1) is 24.8 Å². The van der Waals surface area contributed by atoms with Gasteiger partial charge in [-0.15, -0.1) is 5.10 Å². The highest BCUT2D eigenvalue weighted by atomic mass is 32.2. The molecular formula is C20H23N5O4S. The number of ether oxygens (including phenoxy) is 2. The summed E-state index contributed by atoms with van der Waals surface area (Å²) in [6.07, 6.45) is 1.29. The molecule has 1 aliphatic heterocycles. The Kier molecular flexibility index (Phi) is 5.69. The maximum atomic E-state index is 13.0. The molecule has 1 aliphatic rings. The van der Waals surface area contributed by atoms with Crippen molar-refractivity contribution in [3.8, 4) is 17.2 Å². The van der Waals surface area contributed by atoms with Crippen molar-refractivity contribution >= 4 is 10.0 Å². The lowest BCUT2D eigenvalue weighted by molar-refractivity contribution is 0.311. The second-order valence-electron chi connectivity index (χ2n) is 7.00. The number of piperidine rings is 1. The fourth-order valence-electron chi connectivity index (χ4n) is 3.61. The molecule has 9 nitrogen and oxygen atoms in total. The molecule has 10 heteroatoms. The van der Waals surface area contributed by atoms with Crippen LogP contribution in [0.3, 0.4) is 0 Å².